The van der Waals surface area contributed by atoms with Gasteiger partial charge < -0.3 is 15.7 Å². The number of nitrogens with one attached hydrogen (secondary N) is 2. The molecule has 0 saturated carbocycles. The van der Waals surface area contributed by atoms with Gasteiger partial charge in [0, 0.05) is 35.0 Å². The Morgan fingerprint density at radius 2 is 1.96 bits per heavy atom. The normalized spacial score (nSPS) is 10.1. The van der Waals surface area contributed by atoms with E-state index in [1.54, 1.807) is 11.8 Å². The summed E-state index contributed by atoms with van der Waals surface area (Å²) >= 11 is 6.77. The molecule has 8 heteroatoms. The van der Waals surface area contributed by atoms with Gasteiger partial charge in [0.25, 0.3) is 5.69 Å². The van der Waals surface area contributed by atoms with Crippen molar-refractivity contribution in [3.05, 3.63) is 58.6 Å². The lowest BCUT2D eigenvalue weighted by molar-refractivity contribution is -0.385. The highest BCUT2D eigenvalue weighted by atomic mass is 32.2. The van der Waals surface area contributed by atoms with Crippen LogP contribution < -0.4 is 15.7 Å². The van der Waals surface area contributed by atoms with E-state index in [4.69, 9.17) is 12.2 Å². The second-order valence-corrected chi connectivity index (χ2v) is 6.06. The fourth-order valence-electron chi connectivity index (χ4n) is 1.75. The number of hydrogen-bond donors (Lipinski definition) is 2. The predicted molar refractivity (Wildman–Crippen MR) is 93.9 cm³/mol. The monoisotopic (exact) mass is 348 g/mol. The molecule has 6 nitrogen and oxygen atoms in total. The highest BCUT2D eigenvalue weighted by Gasteiger charge is 2.07. The Labute approximate surface area is 143 Å². The van der Waals surface area contributed by atoms with Crippen LogP contribution in [0.4, 0.5) is 11.4 Å². The molecule has 0 atom stereocenters. The molecule has 2 aromatic rings. The molecule has 0 aromatic heterocycles. The molecule has 2 rings (SSSR count). The topological polar surface area (TPSA) is 90.3 Å². The standard InChI is InChI=1S/C15H15N3O3S2/c19-14-7-6-11(18(20)21)10-13(14)17-15(22)16-8-9-23-12-4-2-1-3-5-12/h1-7,10,19H,8-9H2,(H2,16,17,22)/p-1. The first-order valence-electron chi connectivity index (χ1n) is 6.74. The number of thioether (sulfide) groups is 1. The minimum Gasteiger partial charge on any atom is -0.871 e. The Morgan fingerprint density at radius 3 is 2.65 bits per heavy atom. The SMILES string of the molecule is O=[N+]([O-])c1ccc([O-])c(NC(=S)NCCSc2ccccc2)c1. The summed E-state index contributed by atoms with van der Waals surface area (Å²) in [5.41, 5.74) is -0.0676. The smallest absolute Gasteiger partial charge is 0.271 e. The van der Waals surface area contributed by atoms with Gasteiger partial charge in [-0.15, -0.1) is 11.8 Å². The molecule has 0 fully saturated rings. The molecule has 0 heterocycles. The van der Waals surface area contributed by atoms with Crippen molar-refractivity contribution in [1.82, 2.24) is 5.32 Å². The minimum atomic E-state index is -0.558. The summed E-state index contributed by atoms with van der Waals surface area (Å²) in [5.74, 6) is 0.448. The average molecular weight is 348 g/mol. The zero-order valence-corrected chi connectivity index (χ0v) is 13.7. The van der Waals surface area contributed by atoms with Crippen LogP contribution in [0.2, 0.25) is 0 Å². The van der Waals surface area contributed by atoms with Crippen LogP contribution in [0.3, 0.4) is 0 Å². The molecule has 120 valence electrons. The van der Waals surface area contributed by atoms with Crippen LogP contribution in [0.5, 0.6) is 5.75 Å². The average Bonchev–Trinajstić information content (AvgIpc) is 2.54. The molecular weight excluding hydrogens is 334 g/mol. The molecule has 0 aliphatic rings. The van der Waals surface area contributed by atoms with Crippen LogP contribution in [-0.2, 0) is 0 Å². The lowest BCUT2D eigenvalue weighted by Gasteiger charge is -2.16. The molecule has 0 saturated heterocycles. The molecule has 2 aromatic carbocycles. The van der Waals surface area contributed by atoms with E-state index in [9.17, 15) is 15.2 Å². The number of nitrogens with zero attached hydrogens (tertiary/aromatic N) is 1. The van der Waals surface area contributed by atoms with Crippen molar-refractivity contribution in [2.45, 2.75) is 4.90 Å². The number of rotatable bonds is 6. The highest BCUT2D eigenvalue weighted by Crippen LogP contribution is 2.25. The molecule has 0 aliphatic heterocycles. The van der Waals surface area contributed by atoms with E-state index >= 15 is 0 Å². The molecule has 0 unspecified atom stereocenters. The molecule has 2 N–H and O–H groups in total. The van der Waals surface area contributed by atoms with Gasteiger partial charge in [-0.05, 0) is 24.4 Å². The fraction of sp³-hybridized carbons (Fsp3) is 0.133. The summed E-state index contributed by atoms with van der Waals surface area (Å²) in [5, 5.41) is 28.3. The molecule has 0 spiro atoms. The molecule has 23 heavy (non-hydrogen) atoms. The van der Waals surface area contributed by atoms with Gasteiger partial charge in [-0.1, -0.05) is 30.0 Å². The number of non-ortho nitro benzene ring substituents is 1. The third kappa shape index (κ3) is 5.42. The summed E-state index contributed by atoms with van der Waals surface area (Å²) in [6, 6.07) is 13.4. The summed E-state index contributed by atoms with van der Waals surface area (Å²) < 4.78 is 0. The summed E-state index contributed by atoms with van der Waals surface area (Å²) in [6.45, 7) is 0.606. The van der Waals surface area contributed by atoms with Crippen molar-refractivity contribution < 1.29 is 10.0 Å². The van der Waals surface area contributed by atoms with Gasteiger partial charge in [-0.2, -0.15) is 0 Å². The number of thiocarbonyl (C=S) groups is 1. The highest BCUT2D eigenvalue weighted by molar-refractivity contribution is 7.99. The number of nitro benzene ring substituents is 1. The van der Waals surface area contributed by atoms with E-state index in [0.29, 0.717) is 6.54 Å². The predicted octanol–water partition coefficient (Wildman–Crippen LogP) is 2.75. The second kappa shape index (κ2) is 8.35. The zero-order valence-electron chi connectivity index (χ0n) is 12.0. The quantitative estimate of drug-likeness (QED) is 0.273. The van der Waals surface area contributed by atoms with Crippen molar-refractivity contribution in [2.75, 3.05) is 17.6 Å². The first-order chi connectivity index (χ1) is 11.1. The molecule has 0 radical (unpaired) electrons. The summed E-state index contributed by atoms with van der Waals surface area (Å²) in [6.07, 6.45) is 0. The Bertz CT molecular complexity index is 696. The molecule has 0 amide bonds. The number of anilines is 1. The Kier molecular flexibility index (Phi) is 6.19. The van der Waals surface area contributed by atoms with Crippen molar-refractivity contribution in [3.63, 3.8) is 0 Å². The van der Waals surface area contributed by atoms with Crippen LogP contribution in [-0.4, -0.2) is 22.3 Å². The largest absolute Gasteiger partial charge is 0.871 e. The molecule has 0 bridgehead atoms. The van der Waals surface area contributed by atoms with E-state index in [1.807, 2.05) is 30.3 Å². The van der Waals surface area contributed by atoms with Gasteiger partial charge in [0.15, 0.2) is 5.11 Å². The van der Waals surface area contributed by atoms with Crippen LogP contribution in [0.25, 0.3) is 0 Å². The lowest BCUT2D eigenvalue weighted by atomic mass is 10.2. The van der Waals surface area contributed by atoms with E-state index in [-0.39, 0.29) is 22.2 Å². The van der Waals surface area contributed by atoms with Gasteiger partial charge in [0.1, 0.15) is 0 Å². The summed E-state index contributed by atoms with van der Waals surface area (Å²) in [7, 11) is 0. The Balaban J connectivity index is 1.81. The number of benzene rings is 2. The maximum atomic E-state index is 11.7. The van der Waals surface area contributed by atoms with Gasteiger partial charge in [-0.25, -0.2) is 0 Å². The maximum absolute atomic E-state index is 11.7. The van der Waals surface area contributed by atoms with Crippen molar-refractivity contribution in [2.24, 2.45) is 0 Å². The second-order valence-electron chi connectivity index (χ2n) is 4.48. The van der Waals surface area contributed by atoms with Crippen LogP contribution >= 0.6 is 24.0 Å². The van der Waals surface area contributed by atoms with E-state index in [2.05, 4.69) is 10.6 Å². The lowest BCUT2D eigenvalue weighted by Crippen LogP contribution is -2.30. The third-order valence-electron chi connectivity index (χ3n) is 2.82. The Hall–Kier alpha value is -2.32. The van der Waals surface area contributed by atoms with Gasteiger partial charge in [0.2, 0.25) is 0 Å². The van der Waals surface area contributed by atoms with Crippen molar-refractivity contribution in [1.29, 1.82) is 0 Å². The minimum absolute atomic E-state index is 0.0902. The van der Waals surface area contributed by atoms with Crippen molar-refractivity contribution in [3.8, 4) is 5.75 Å². The number of hydrogen-bond acceptors (Lipinski definition) is 5. The van der Waals surface area contributed by atoms with Crippen molar-refractivity contribution >= 4 is 40.5 Å². The van der Waals surface area contributed by atoms with Crippen LogP contribution in [0.15, 0.2) is 53.4 Å². The Morgan fingerprint density at radius 1 is 1.22 bits per heavy atom. The van der Waals surface area contributed by atoms with Crippen LogP contribution in [0.1, 0.15) is 0 Å². The first kappa shape index (κ1) is 17.0. The van der Waals surface area contributed by atoms with Crippen LogP contribution in [0, 0.1) is 10.1 Å². The third-order valence-corrected chi connectivity index (χ3v) is 4.08. The molecule has 0 aliphatic carbocycles. The van der Waals surface area contributed by atoms with Gasteiger partial charge >= 0.3 is 0 Å². The van der Waals surface area contributed by atoms with E-state index in [0.717, 1.165) is 16.7 Å². The molecular formula is C15H14N3O3S2-. The fourth-order valence-corrected chi connectivity index (χ4v) is 2.75. The van der Waals surface area contributed by atoms with Gasteiger partial charge in [-0.3, -0.25) is 10.1 Å². The zero-order chi connectivity index (χ0) is 16.7. The number of nitro groups is 1. The van der Waals surface area contributed by atoms with Gasteiger partial charge in [0.05, 0.1) is 4.92 Å². The maximum Gasteiger partial charge on any atom is 0.271 e. The summed E-state index contributed by atoms with van der Waals surface area (Å²) in [4.78, 5) is 11.3. The first-order valence-corrected chi connectivity index (χ1v) is 8.14. The van der Waals surface area contributed by atoms with E-state index in [1.165, 1.54) is 12.1 Å². The van der Waals surface area contributed by atoms with E-state index < -0.39 is 4.92 Å².